The molecule has 0 radical (unpaired) electrons. The fourth-order valence-corrected chi connectivity index (χ4v) is 1.33. The van der Waals surface area contributed by atoms with Crippen molar-refractivity contribution >= 4 is 29.3 Å². The highest BCUT2D eigenvalue weighted by Gasteiger charge is 2.34. The van der Waals surface area contributed by atoms with Crippen LogP contribution in [0.3, 0.4) is 0 Å². The molecule has 0 saturated carbocycles. The summed E-state index contributed by atoms with van der Waals surface area (Å²) in [6, 6.07) is 5.47. The van der Waals surface area contributed by atoms with Gasteiger partial charge < -0.3 is 10.2 Å². The number of hydrogen-bond acceptors (Lipinski definition) is 3. The second kappa shape index (κ2) is 4.76. The summed E-state index contributed by atoms with van der Waals surface area (Å²) >= 11 is 5.61. The zero-order chi connectivity index (χ0) is 12.3. The van der Waals surface area contributed by atoms with Crippen LogP contribution < -0.4 is 0 Å². The highest BCUT2D eigenvalue weighted by Crippen LogP contribution is 2.15. The van der Waals surface area contributed by atoms with Gasteiger partial charge in [-0.3, -0.25) is 14.4 Å². The van der Waals surface area contributed by atoms with Gasteiger partial charge in [0.25, 0.3) is 0 Å². The molecule has 0 aliphatic rings. The minimum atomic E-state index is -2.10. The smallest absolute Gasteiger partial charge is 0.325 e. The van der Waals surface area contributed by atoms with E-state index in [0.717, 1.165) is 0 Å². The molecule has 0 atom stereocenters. The molecule has 0 fully saturated rings. The van der Waals surface area contributed by atoms with Gasteiger partial charge in [-0.1, -0.05) is 23.7 Å². The molecule has 6 heteroatoms. The third-order valence-electron chi connectivity index (χ3n) is 1.87. The van der Waals surface area contributed by atoms with Crippen molar-refractivity contribution in [3.8, 4) is 0 Å². The Hall–Kier alpha value is -1.88. The van der Waals surface area contributed by atoms with Crippen molar-refractivity contribution in [3.05, 3.63) is 34.9 Å². The second-order valence-electron chi connectivity index (χ2n) is 2.98. The van der Waals surface area contributed by atoms with Crippen LogP contribution >= 0.6 is 11.6 Å². The van der Waals surface area contributed by atoms with Gasteiger partial charge in [-0.2, -0.15) is 0 Å². The zero-order valence-corrected chi connectivity index (χ0v) is 8.64. The van der Waals surface area contributed by atoms with E-state index in [1.54, 1.807) is 0 Å². The third-order valence-corrected chi connectivity index (χ3v) is 2.10. The van der Waals surface area contributed by atoms with Gasteiger partial charge in [0.05, 0.1) is 0 Å². The van der Waals surface area contributed by atoms with Crippen LogP contribution in [-0.4, -0.2) is 27.9 Å². The van der Waals surface area contributed by atoms with Crippen molar-refractivity contribution in [1.82, 2.24) is 0 Å². The first-order valence-electron chi connectivity index (χ1n) is 4.19. The highest BCUT2D eigenvalue weighted by atomic mass is 35.5. The lowest BCUT2D eigenvalue weighted by Gasteiger charge is -2.06. The lowest BCUT2D eigenvalue weighted by atomic mass is 9.98. The molecule has 0 heterocycles. The molecule has 16 heavy (non-hydrogen) atoms. The molecule has 84 valence electrons. The molecule has 0 saturated heterocycles. The third kappa shape index (κ3) is 2.58. The van der Waals surface area contributed by atoms with Crippen LogP contribution in [0.15, 0.2) is 24.3 Å². The van der Waals surface area contributed by atoms with Crippen LogP contribution in [0, 0.1) is 5.92 Å². The van der Waals surface area contributed by atoms with E-state index in [4.69, 9.17) is 21.8 Å². The topological polar surface area (TPSA) is 91.7 Å². The predicted octanol–water partition coefficient (Wildman–Crippen LogP) is 1.31. The Morgan fingerprint density at radius 2 is 1.69 bits per heavy atom. The largest absolute Gasteiger partial charge is 0.480 e. The molecule has 2 N–H and O–H groups in total. The number of hydrogen-bond donors (Lipinski definition) is 2. The van der Waals surface area contributed by atoms with Crippen molar-refractivity contribution in [3.63, 3.8) is 0 Å². The van der Waals surface area contributed by atoms with E-state index in [-0.39, 0.29) is 10.6 Å². The van der Waals surface area contributed by atoms with E-state index >= 15 is 0 Å². The number of carbonyl (C=O) groups is 3. The number of benzene rings is 1. The Morgan fingerprint density at radius 1 is 1.12 bits per heavy atom. The van der Waals surface area contributed by atoms with Crippen LogP contribution in [-0.2, 0) is 9.59 Å². The van der Waals surface area contributed by atoms with Crippen molar-refractivity contribution in [1.29, 1.82) is 0 Å². The Morgan fingerprint density at radius 3 is 2.12 bits per heavy atom. The summed E-state index contributed by atoms with van der Waals surface area (Å²) in [5.74, 6) is -6.49. The first-order valence-corrected chi connectivity index (χ1v) is 4.56. The number of carbonyl (C=O) groups excluding carboxylic acids is 1. The van der Waals surface area contributed by atoms with Crippen LogP contribution in [0.4, 0.5) is 0 Å². The van der Waals surface area contributed by atoms with Gasteiger partial charge in [-0.05, 0) is 12.1 Å². The van der Waals surface area contributed by atoms with Crippen molar-refractivity contribution < 1.29 is 24.6 Å². The minimum Gasteiger partial charge on any atom is -0.480 e. The normalized spacial score (nSPS) is 10.1. The molecule has 0 amide bonds. The highest BCUT2D eigenvalue weighted by molar-refractivity contribution is 6.31. The monoisotopic (exact) mass is 242 g/mol. The molecule has 1 rings (SSSR count). The van der Waals surface area contributed by atoms with Crippen molar-refractivity contribution in [2.45, 2.75) is 0 Å². The molecule has 0 aromatic heterocycles. The molecule has 1 aromatic carbocycles. The molecule has 0 aliphatic carbocycles. The number of Topliss-reactive ketones (excluding diaryl/α,β-unsaturated/α-hetero) is 1. The summed E-state index contributed by atoms with van der Waals surface area (Å²) < 4.78 is 0. The fourth-order valence-electron chi connectivity index (χ4n) is 1.14. The lowest BCUT2D eigenvalue weighted by molar-refractivity contribution is -0.151. The van der Waals surface area contributed by atoms with Crippen LogP contribution in [0.1, 0.15) is 10.4 Å². The molecule has 5 nitrogen and oxygen atoms in total. The Bertz CT molecular complexity index is 440. The standard InChI is InChI=1S/C10H7ClO5/c11-6-3-1-2-5(4-6)8(12)7(9(13)14)10(15)16/h1-4,7H,(H,13,14)(H,15,16). The average molecular weight is 243 g/mol. The summed E-state index contributed by atoms with van der Waals surface area (Å²) in [6.45, 7) is 0. The van der Waals surface area contributed by atoms with Crippen LogP contribution in [0.2, 0.25) is 5.02 Å². The molecule has 1 aromatic rings. The summed E-state index contributed by atoms with van der Waals surface area (Å²) in [5.41, 5.74) is -0.0395. The Kier molecular flexibility index (Phi) is 3.63. The maximum Gasteiger partial charge on any atom is 0.325 e. The van der Waals surface area contributed by atoms with Crippen LogP contribution in [0.5, 0.6) is 0 Å². The molecular weight excluding hydrogens is 236 g/mol. The van der Waals surface area contributed by atoms with Crippen LogP contribution in [0.25, 0.3) is 0 Å². The minimum absolute atomic E-state index is 0.0395. The van der Waals surface area contributed by atoms with Gasteiger partial charge in [-0.25, -0.2) is 0 Å². The SMILES string of the molecule is O=C(O)C(C(=O)O)C(=O)c1cccc(Cl)c1. The maximum absolute atomic E-state index is 11.6. The number of ketones is 1. The fraction of sp³-hybridized carbons (Fsp3) is 0.100. The summed E-state index contributed by atoms with van der Waals surface area (Å²) in [5, 5.41) is 17.5. The summed E-state index contributed by atoms with van der Waals surface area (Å²) in [7, 11) is 0. The van der Waals surface area contributed by atoms with Gasteiger partial charge in [0.2, 0.25) is 5.92 Å². The number of carboxylic acid groups (broad SMARTS) is 2. The predicted molar refractivity (Wildman–Crippen MR) is 54.5 cm³/mol. The lowest BCUT2D eigenvalue weighted by Crippen LogP contribution is -2.31. The first kappa shape index (κ1) is 12.2. The van der Waals surface area contributed by atoms with E-state index in [2.05, 4.69) is 0 Å². The van der Waals surface area contributed by atoms with Crippen molar-refractivity contribution in [2.75, 3.05) is 0 Å². The molecule has 0 spiro atoms. The number of aliphatic carboxylic acids is 2. The Balaban J connectivity index is 3.09. The number of rotatable bonds is 4. The van der Waals surface area contributed by atoms with Gasteiger partial charge >= 0.3 is 11.9 Å². The maximum atomic E-state index is 11.6. The van der Waals surface area contributed by atoms with Gasteiger partial charge in [0, 0.05) is 10.6 Å². The first-order chi connectivity index (χ1) is 7.43. The zero-order valence-electron chi connectivity index (χ0n) is 7.88. The number of halogens is 1. The van der Waals surface area contributed by atoms with E-state index in [1.807, 2.05) is 0 Å². The van der Waals surface area contributed by atoms with E-state index in [9.17, 15) is 14.4 Å². The van der Waals surface area contributed by atoms with E-state index < -0.39 is 23.6 Å². The average Bonchev–Trinajstić information content (AvgIpc) is 2.16. The summed E-state index contributed by atoms with van der Waals surface area (Å²) in [4.78, 5) is 32.8. The molecule has 0 bridgehead atoms. The van der Waals surface area contributed by atoms with E-state index in [0.29, 0.717) is 0 Å². The van der Waals surface area contributed by atoms with Gasteiger partial charge in [0.1, 0.15) is 0 Å². The second-order valence-corrected chi connectivity index (χ2v) is 3.42. The van der Waals surface area contributed by atoms with Gasteiger partial charge in [0.15, 0.2) is 5.78 Å². The quantitative estimate of drug-likeness (QED) is 0.613. The molecule has 0 aliphatic heterocycles. The van der Waals surface area contributed by atoms with E-state index in [1.165, 1.54) is 24.3 Å². The van der Waals surface area contributed by atoms with Gasteiger partial charge in [-0.15, -0.1) is 0 Å². The summed E-state index contributed by atoms with van der Waals surface area (Å²) in [6.07, 6.45) is 0. The van der Waals surface area contributed by atoms with Crippen molar-refractivity contribution in [2.24, 2.45) is 5.92 Å². The molecule has 0 unspecified atom stereocenters. The Labute approximate surface area is 95.3 Å². The number of carboxylic acids is 2. The molecular formula is C10H7ClO5.